The van der Waals surface area contributed by atoms with Crippen molar-refractivity contribution in [2.24, 2.45) is 5.41 Å². The van der Waals surface area contributed by atoms with Crippen molar-refractivity contribution in [2.45, 2.75) is 39.0 Å². The first-order valence-electron chi connectivity index (χ1n) is 9.35. The molecule has 0 aliphatic heterocycles. The largest absolute Gasteiger partial charge is 0.0622 e. The summed E-state index contributed by atoms with van der Waals surface area (Å²) >= 11 is 0. The lowest BCUT2D eigenvalue weighted by molar-refractivity contribution is 0.284. The standard InChI is InChI=1S/C25H28/c1-25(20-23-14-7-3-8-15-23,21-24-16-9-4-10-17-24)19-11-18-22-12-5-2-6-13-22/h2-10,12-17H,11,18-21H2,1H3. The Morgan fingerprint density at radius 1 is 0.560 bits per heavy atom. The third-order valence-electron chi connectivity index (χ3n) is 5.04. The van der Waals surface area contributed by atoms with Crippen LogP contribution >= 0.6 is 0 Å². The number of hydrogen-bond donors (Lipinski definition) is 0. The molecule has 3 rings (SSSR count). The van der Waals surface area contributed by atoms with E-state index in [0.717, 1.165) is 12.8 Å². The van der Waals surface area contributed by atoms with E-state index < -0.39 is 0 Å². The lowest BCUT2D eigenvalue weighted by atomic mass is 9.74. The van der Waals surface area contributed by atoms with Crippen LogP contribution < -0.4 is 0 Å². The van der Waals surface area contributed by atoms with E-state index in [2.05, 4.69) is 97.9 Å². The summed E-state index contributed by atoms with van der Waals surface area (Å²) in [5, 5.41) is 0. The highest BCUT2D eigenvalue weighted by Gasteiger charge is 2.24. The Morgan fingerprint density at radius 2 is 0.960 bits per heavy atom. The average molecular weight is 328 g/mol. The van der Waals surface area contributed by atoms with Crippen LogP contribution in [0.4, 0.5) is 0 Å². The summed E-state index contributed by atoms with van der Waals surface area (Å²) in [6, 6.07) is 32.7. The molecule has 0 spiro atoms. The second-order valence-corrected chi connectivity index (χ2v) is 7.47. The molecular weight excluding hydrogens is 300 g/mol. The lowest BCUT2D eigenvalue weighted by Crippen LogP contribution is -2.23. The van der Waals surface area contributed by atoms with E-state index in [1.165, 1.54) is 36.0 Å². The Morgan fingerprint density at radius 3 is 1.40 bits per heavy atom. The van der Waals surface area contributed by atoms with Crippen LogP contribution in [0, 0.1) is 5.41 Å². The first-order chi connectivity index (χ1) is 12.2. The van der Waals surface area contributed by atoms with Crippen molar-refractivity contribution in [1.29, 1.82) is 0 Å². The fourth-order valence-corrected chi connectivity index (χ4v) is 3.78. The summed E-state index contributed by atoms with van der Waals surface area (Å²) in [7, 11) is 0. The highest BCUT2D eigenvalue weighted by Crippen LogP contribution is 2.33. The zero-order valence-electron chi connectivity index (χ0n) is 15.2. The van der Waals surface area contributed by atoms with E-state index in [1.54, 1.807) is 0 Å². The normalized spacial score (nSPS) is 11.4. The Kier molecular flexibility index (Phi) is 6.06. The molecule has 0 bridgehead atoms. The quantitative estimate of drug-likeness (QED) is 0.442. The Bertz CT molecular complexity index is 687. The van der Waals surface area contributed by atoms with E-state index >= 15 is 0 Å². The molecule has 3 aromatic carbocycles. The maximum absolute atomic E-state index is 2.46. The molecule has 0 nitrogen and oxygen atoms in total. The minimum Gasteiger partial charge on any atom is -0.0622 e. The summed E-state index contributed by atoms with van der Waals surface area (Å²) < 4.78 is 0. The van der Waals surface area contributed by atoms with Gasteiger partial charge in [0.2, 0.25) is 0 Å². The van der Waals surface area contributed by atoms with Gasteiger partial charge in [0.1, 0.15) is 0 Å². The molecule has 0 atom stereocenters. The van der Waals surface area contributed by atoms with Gasteiger partial charge in [-0.05, 0) is 54.2 Å². The molecule has 0 fully saturated rings. The highest BCUT2D eigenvalue weighted by molar-refractivity contribution is 5.21. The van der Waals surface area contributed by atoms with Gasteiger partial charge in [-0.15, -0.1) is 0 Å². The monoisotopic (exact) mass is 328 g/mol. The summed E-state index contributed by atoms with van der Waals surface area (Å²) in [5.41, 5.74) is 4.63. The zero-order chi connectivity index (χ0) is 17.4. The molecule has 0 saturated carbocycles. The molecule has 0 aliphatic carbocycles. The van der Waals surface area contributed by atoms with E-state index in [-0.39, 0.29) is 5.41 Å². The Labute approximate surface area is 152 Å². The fraction of sp³-hybridized carbons (Fsp3) is 0.280. The Balaban J connectivity index is 1.69. The number of benzene rings is 3. The number of hydrogen-bond acceptors (Lipinski definition) is 0. The summed E-state index contributed by atoms with van der Waals surface area (Å²) in [6.07, 6.45) is 5.92. The summed E-state index contributed by atoms with van der Waals surface area (Å²) in [5.74, 6) is 0. The van der Waals surface area contributed by atoms with E-state index in [0.29, 0.717) is 0 Å². The van der Waals surface area contributed by atoms with Crippen molar-refractivity contribution < 1.29 is 0 Å². The van der Waals surface area contributed by atoms with Gasteiger partial charge in [0.15, 0.2) is 0 Å². The minimum atomic E-state index is 0.289. The van der Waals surface area contributed by atoms with E-state index in [1.807, 2.05) is 0 Å². The molecule has 128 valence electrons. The van der Waals surface area contributed by atoms with Crippen LogP contribution in [0.25, 0.3) is 0 Å². The lowest BCUT2D eigenvalue weighted by Gasteiger charge is -2.30. The van der Waals surface area contributed by atoms with Crippen LogP contribution in [0.3, 0.4) is 0 Å². The molecule has 0 N–H and O–H groups in total. The van der Waals surface area contributed by atoms with Gasteiger partial charge in [0.05, 0.1) is 0 Å². The molecule has 0 aliphatic rings. The third-order valence-corrected chi connectivity index (χ3v) is 5.04. The third kappa shape index (κ3) is 5.60. The molecule has 0 heteroatoms. The van der Waals surface area contributed by atoms with Crippen LogP contribution in [0.2, 0.25) is 0 Å². The number of aryl methyl sites for hydroxylation is 1. The first kappa shape index (κ1) is 17.5. The van der Waals surface area contributed by atoms with Gasteiger partial charge in [-0.1, -0.05) is 97.9 Å². The molecule has 0 amide bonds. The van der Waals surface area contributed by atoms with E-state index in [4.69, 9.17) is 0 Å². The van der Waals surface area contributed by atoms with Gasteiger partial charge < -0.3 is 0 Å². The van der Waals surface area contributed by atoms with Gasteiger partial charge in [0.25, 0.3) is 0 Å². The summed E-state index contributed by atoms with van der Waals surface area (Å²) in [6.45, 7) is 2.46. The fourth-order valence-electron chi connectivity index (χ4n) is 3.78. The molecule has 0 radical (unpaired) electrons. The number of rotatable bonds is 8. The van der Waals surface area contributed by atoms with Crippen LogP contribution in [0.1, 0.15) is 36.5 Å². The smallest absolute Gasteiger partial charge is 0.0221 e. The van der Waals surface area contributed by atoms with Gasteiger partial charge in [0, 0.05) is 0 Å². The van der Waals surface area contributed by atoms with Crippen LogP contribution in [-0.4, -0.2) is 0 Å². The van der Waals surface area contributed by atoms with Gasteiger partial charge in [-0.3, -0.25) is 0 Å². The van der Waals surface area contributed by atoms with Gasteiger partial charge in [-0.25, -0.2) is 0 Å². The Hall–Kier alpha value is -2.34. The molecule has 3 aromatic rings. The molecule has 0 heterocycles. The highest BCUT2D eigenvalue weighted by atomic mass is 14.3. The van der Waals surface area contributed by atoms with Crippen molar-refractivity contribution in [1.82, 2.24) is 0 Å². The van der Waals surface area contributed by atoms with E-state index in [9.17, 15) is 0 Å². The second-order valence-electron chi connectivity index (χ2n) is 7.47. The SMILES string of the molecule is CC(CCCc1ccccc1)(Cc1ccccc1)Cc1ccccc1. The predicted molar refractivity (Wildman–Crippen MR) is 108 cm³/mol. The molecule has 0 aromatic heterocycles. The average Bonchev–Trinajstić information content (AvgIpc) is 2.64. The van der Waals surface area contributed by atoms with Crippen molar-refractivity contribution in [2.75, 3.05) is 0 Å². The van der Waals surface area contributed by atoms with Crippen LogP contribution in [-0.2, 0) is 19.3 Å². The summed E-state index contributed by atoms with van der Waals surface area (Å²) in [4.78, 5) is 0. The minimum absolute atomic E-state index is 0.289. The topological polar surface area (TPSA) is 0 Å². The van der Waals surface area contributed by atoms with Crippen molar-refractivity contribution in [3.05, 3.63) is 108 Å². The molecule has 0 saturated heterocycles. The molecule has 25 heavy (non-hydrogen) atoms. The maximum atomic E-state index is 2.46. The predicted octanol–water partition coefficient (Wildman–Crippen LogP) is 6.50. The van der Waals surface area contributed by atoms with Crippen molar-refractivity contribution >= 4 is 0 Å². The van der Waals surface area contributed by atoms with Crippen LogP contribution in [0.15, 0.2) is 91.0 Å². The zero-order valence-corrected chi connectivity index (χ0v) is 15.2. The van der Waals surface area contributed by atoms with Crippen molar-refractivity contribution in [3.8, 4) is 0 Å². The van der Waals surface area contributed by atoms with Gasteiger partial charge >= 0.3 is 0 Å². The molecular formula is C25H28. The van der Waals surface area contributed by atoms with Crippen LogP contribution in [0.5, 0.6) is 0 Å². The maximum Gasteiger partial charge on any atom is -0.0221 e. The first-order valence-corrected chi connectivity index (χ1v) is 9.35. The molecule has 0 unspecified atom stereocenters. The van der Waals surface area contributed by atoms with Gasteiger partial charge in [-0.2, -0.15) is 0 Å². The van der Waals surface area contributed by atoms with Crippen molar-refractivity contribution in [3.63, 3.8) is 0 Å². The second kappa shape index (κ2) is 8.67.